The molecule has 2 aromatic rings. The molecule has 1 aliphatic carbocycles. The van der Waals surface area contributed by atoms with E-state index in [-0.39, 0.29) is 55.0 Å². The summed E-state index contributed by atoms with van der Waals surface area (Å²) in [6.45, 7) is 16.3. The van der Waals surface area contributed by atoms with Crippen LogP contribution in [0.15, 0.2) is 48.5 Å². The maximum atomic E-state index is 12.0. The third-order valence-electron chi connectivity index (χ3n) is 8.19. The first-order valence-corrected chi connectivity index (χ1v) is 23.1. The molecule has 3 rings (SSSR count). The fourth-order valence-corrected chi connectivity index (χ4v) is 4.79. The molecule has 0 fully saturated rings. The van der Waals surface area contributed by atoms with Crippen LogP contribution in [-0.4, -0.2) is 169 Å². The molecule has 4 atom stereocenters. The summed E-state index contributed by atoms with van der Waals surface area (Å²) in [4.78, 5) is 114. The minimum absolute atomic E-state index is 0.00366. The van der Waals surface area contributed by atoms with E-state index in [2.05, 4.69) is 81.6 Å². The molecule has 13 N–H and O–H groups in total. The van der Waals surface area contributed by atoms with Crippen molar-refractivity contribution in [2.45, 2.75) is 99.3 Å². The normalized spacial score (nSPS) is 11.1. The molecule has 75 heavy (non-hydrogen) atoms. The van der Waals surface area contributed by atoms with Gasteiger partial charge in [0.25, 0.3) is 5.97 Å². The topological polar surface area (TPSA) is 399 Å². The number of hydrogen-bond donors (Lipinski definition) is 12. The summed E-state index contributed by atoms with van der Waals surface area (Å²) in [7, 11) is 9.41. The number of amides is 9. The number of alkyl carbamates (subject to hydrolysis) is 1. The number of nitrogens with two attached hydrogens (primary N) is 1. The van der Waals surface area contributed by atoms with Crippen molar-refractivity contribution in [3.05, 3.63) is 59.7 Å². The lowest BCUT2D eigenvalue weighted by atomic mass is 9.98. The second-order valence-corrected chi connectivity index (χ2v) is 14.4. The van der Waals surface area contributed by atoms with Gasteiger partial charge in [-0.3, -0.25) is 24.0 Å². The highest BCUT2D eigenvalue weighted by Crippen LogP contribution is 2.44. The van der Waals surface area contributed by atoms with Gasteiger partial charge >= 0.3 is 48.1 Å². The monoisotopic (exact) mass is 1070 g/mol. The molecule has 4 unspecified atom stereocenters. The number of esters is 3. The van der Waals surface area contributed by atoms with E-state index in [0.29, 0.717) is 13.2 Å². The van der Waals surface area contributed by atoms with Gasteiger partial charge < -0.3 is 82.7 Å². The van der Waals surface area contributed by atoms with Crippen molar-refractivity contribution in [1.29, 1.82) is 0 Å². The minimum Gasteiger partial charge on any atom is -0.481 e. The fraction of sp³-hybridized carbons (Fsp3) is 0.521. The lowest BCUT2D eigenvalue weighted by Crippen LogP contribution is -2.40. The molecule has 0 radical (unpaired) electrons. The molecule has 0 aromatic heterocycles. The summed E-state index contributed by atoms with van der Waals surface area (Å²) < 4.78 is 19.4. The summed E-state index contributed by atoms with van der Waals surface area (Å²) >= 11 is 0. The van der Waals surface area contributed by atoms with Crippen molar-refractivity contribution >= 4 is 65.8 Å². The van der Waals surface area contributed by atoms with Crippen LogP contribution in [-0.2, 0) is 52.5 Å². The van der Waals surface area contributed by atoms with Gasteiger partial charge in [-0.1, -0.05) is 48.5 Å². The first-order chi connectivity index (χ1) is 35.1. The number of carbonyl (C=O) groups excluding carboxylic acids is 9. The zero-order valence-electron chi connectivity index (χ0n) is 45.9. The Morgan fingerprint density at radius 3 is 1.03 bits per heavy atom. The van der Waals surface area contributed by atoms with E-state index in [4.69, 9.17) is 30.2 Å². The number of aliphatic carboxylic acids is 2. The van der Waals surface area contributed by atoms with Crippen LogP contribution in [0.3, 0.4) is 0 Å². The van der Waals surface area contributed by atoms with Crippen molar-refractivity contribution < 1.29 is 81.9 Å². The molecule has 426 valence electrons. The average molecular weight is 1070 g/mol. The second kappa shape index (κ2) is 46.8. The number of ether oxygens (including phenoxy) is 4. The lowest BCUT2D eigenvalue weighted by molar-refractivity contribution is -0.146. The van der Waals surface area contributed by atoms with E-state index in [1.165, 1.54) is 31.9 Å². The third kappa shape index (κ3) is 42.0. The second-order valence-electron chi connectivity index (χ2n) is 14.4. The smallest absolute Gasteiger partial charge is 0.407 e. The van der Waals surface area contributed by atoms with Crippen LogP contribution in [0.2, 0.25) is 0 Å². The van der Waals surface area contributed by atoms with Gasteiger partial charge in [-0.2, -0.15) is 0 Å². The molecule has 0 aliphatic heterocycles. The van der Waals surface area contributed by atoms with Crippen molar-refractivity contribution in [1.82, 2.24) is 47.9 Å². The molecule has 0 bridgehead atoms. The number of urea groups is 3. The molecule has 1 aliphatic rings. The van der Waals surface area contributed by atoms with Crippen LogP contribution in [0.5, 0.6) is 0 Å². The predicted molar refractivity (Wildman–Crippen MR) is 279 cm³/mol. The zero-order valence-corrected chi connectivity index (χ0v) is 45.9. The highest BCUT2D eigenvalue weighted by molar-refractivity contribution is 5.84. The van der Waals surface area contributed by atoms with E-state index < -0.39 is 54.1 Å². The number of fused-ring (bicyclic) bond motifs is 3. The first-order valence-electron chi connectivity index (χ1n) is 23.1. The molecule has 0 spiro atoms. The van der Waals surface area contributed by atoms with Gasteiger partial charge in [-0.25, -0.2) is 28.8 Å². The number of carbonyl (C=O) groups is 11. The number of rotatable bonds is 12. The van der Waals surface area contributed by atoms with Gasteiger partial charge in [0.1, 0.15) is 30.8 Å². The number of nitrogens with one attached hydrogen (secondary N) is 9. The quantitative estimate of drug-likeness (QED) is 0.106. The predicted octanol–water partition coefficient (Wildman–Crippen LogP) is 1.77. The molecule has 9 amide bonds. The Morgan fingerprint density at radius 2 is 0.787 bits per heavy atom. The first kappa shape index (κ1) is 75.7. The number of carboxylic acids is 2. The fourth-order valence-electron chi connectivity index (χ4n) is 4.79. The Kier molecular flexibility index (Phi) is 47.3. The van der Waals surface area contributed by atoms with E-state index in [1.807, 2.05) is 24.3 Å². The summed E-state index contributed by atoms with van der Waals surface area (Å²) in [6.07, 6.45) is -0.623. The maximum Gasteiger partial charge on any atom is 0.407 e. The van der Waals surface area contributed by atoms with Crippen molar-refractivity contribution in [3.63, 3.8) is 0 Å². The molecule has 0 heterocycles. The molecular weight excluding hydrogens is 989 g/mol. The number of hydrogen-bond acceptors (Lipinski definition) is 16. The maximum absolute atomic E-state index is 12.0. The molecule has 27 nitrogen and oxygen atoms in total. The highest BCUT2D eigenvalue weighted by atomic mass is 16.6. The van der Waals surface area contributed by atoms with Gasteiger partial charge in [0.05, 0.1) is 19.8 Å². The van der Waals surface area contributed by atoms with Crippen LogP contribution in [0, 0.1) is 0 Å². The van der Waals surface area contributed by atoms with Crippen molar-refractivity contribution in [3.8, 4) is 11.1 Å². The zero-order chi connectivity index (χ0) is 59.2. The minimum atomic E-state index is -1.02. The highest BCUT2D eigenvalue weighted by Gasteiger charge is 2.29. The van der Waals surface area contributed by atoms with Crippen molar-refractivity contribution in [2.75, 3.05) is 68.7 Å². The summed E-state index contributed by atoms with van der Waals surface area (Å²) in [5.41, 5.74) is 9.79. The Balaban J connectivity index is -0.000000276. The van der Waals surface area contributed by atoms with Gasteiger partial charge in [-0.05, 0) is 70.7 Å². The molecule has 0 saturated carbocycles. The van der Waals surface area contributed by atoms with Crippen LogP contribution >= 0.6 is 0 Å². The van der Waals surface area contributed by atoms with Crippen LogP contribution in [0.25, 0.3) is 11.1 Å². The standard InChI is InChI=1S/C20H21NO4.C7H13NO3.C5H9NO3.C5H11NO2.3C3H8N2O.C2H4O2/c1-3-24-19(22)13(2)21-20(23)25-12-18-16-10-6-4-8-14(16)15-9-5-7-11-17(15)18;1-4-11-7(10)5(2)8-6(3)9;1-3(5(8)9)6-4(2)7;1-3-8-5(7)4(2)6;3*1-4-3(6)5-2;1-2(3)4/h4-11,13,18H,3,12H2,1-2H3,(H,21,23);5H,4H2,1-3H3,(H,8,9);3H,1-2H3,(H,6,7)(H,8,9);4H,3,6H2,1-2H3;3*1-2H3,(H2,4,5,6);1H3,(H,3,4). The van der Waals surface area contributed by atoms with E-state index in [0.717, 1.165) is 18.1 Å². The lowest BCUT2D eigenvalue weighted by Gasteiger charge is -2.16. The Bertz CT molecular complexity index is 1930. The molecule has 2 aromatic carbocycles. The van der Waals surface area contributed by atoms with Crippen LogP contribution in [0.1, 0.15) is 86.3 Å². The summed E-state index contributed by atoms with van der Waals surface area (Å²) in [6, 6.07) is 13.2. The van der Waals surface area contributed by atoms with Gasteiger partial charge in [-0.15, -0.1) is 0 Å². The largest absolute Gasteiger partial charge is 0.481 e. The summed E-state index contributed by atoms with van der Waals surface area (Å²) in [5, 5.41) is 36.9. The third-order valence-corrected chi connectivity index (χ3v) is 8.19. The van der Waals surface area contributed by atoms with E-state index >= 15 is 0 Å². The van der Waals surface area contributed by atoms with E-state index in [1.54, 1.807) is 83.8 Å². The number of benzene rings is 2. The van der Waals surface area contributed by atoms with Crippen LogP contribution < -0.4 is 53.6 Å². The molecular formula is C48H82N10O17. The number of carboxylic acid groups (broad SMARTS) is 2. The van der Waals surface area contributed by atoms with E-state index in [9.17, 15) is 47.9 Å². The van der Waals surface area contributed by atoms with Crippen molar-refractivity contribution in [2.24, 2.45) is 5.73 Å². The van der Waals surface area contributed by atoms with Gasteiger partial charge in [0, 0.05) is 69.0 Å². The Labute approximate surface area is 439 Å². The molecule has 0 saturated heterocycles. The summed E-state index contributed by atoms with van der Waals surface area (Å²) in [5.74, 6) is -3.64. The van der Waals surface area contributed by atoms with Crippen LogP contribution in [0.4, 0.5) is 19.2 Å². The average Bonchev–Trinajstić information content (AvgIpc) is 3.68. The van der Waals surface area contributed by atoms with Gasteiger partial charge in [0.15, 0.2) is 0 Å². The Morgan fingerprint density at radius 1 is 0.493 bits per heavy atom. The SMILES string of the molecule is CC(=O)NC(C)C(=O)O.CC(=O)O.CCOC(=O)C(C)N.CCOC(=O)C(C)NC(=O)OCC1c2ccccc2-c2ccccc21.CCOC(=O)C(C)NC(C)=O.CNC(=O)NC.CNC(=O)NC.CNC(=O)NC. The Hall–Kier alpha value is -8.23. The van der Waals surface area contributed by atoms with Gasteiger partial charge in [0.2, 0.25) is 11.8 Å². The molecule has 27 heteroatoms.